The van der Waals surface area contributed by atoms with Gasteiger partial charge in [-0.3, -0.25) is 9.59 Å². The third-order valence-corrected chi connectivity index (χ3v) is 6.60. The maximum Gasteiger partial charge on any atom is 0.226 e. The third-order valence-electron chi connectivity index (χ3n) is 6.60. The van der Waals surface area contributed by atoms with Gasteiger partial charge in [0.1, 0.15) is 0 Å². The molecule has 152 valence electrons. The molecule has 0 aliphatic carbocycles. The molecule has 3 fully saturated rings. The Morgan fingerprint density at radius 3 is 2.61 bits per heavy atom. The van der Waals surface area contributed by atoms with E-state index in [0.29, 0.717) is 18.2 Å². The molecule has 3 saturated heterocycles. The van der Waals surface area contributed by atoms with E-state index in [-0.39, 0.29) is 5.91 Å². The molecule has 2 amide bonds. The van der Waals surface area contributed by atoms with Crippen LogP contribution in [0.3, 0.4) is 0 Å². The first-order valence-corrected chi connectivity index (χ1v) is 11.1. The van der Waals surface area contributed by atoms with Gasteiger partial charge in [0.05, 0.1) is 0 Å². The summed E-state index contributed by atoms with van der Waals surface area (Å²) in [7, 11) is 0. The lowest BCUT2D eigenvalue weighted by Crippen LogP contribution is -2.36. The van der Waals surface area contributed by atoms with Crippen molar-refractivity contribution < 1.29 is 9.59 Å². The van der Waals surface area contributed by atoms with Gasteiger partial charge in [0.2, 0.25) is 11.8 Å². The van der Waals surface area contributed by atoms with Crippen molar-refractivity contribution in [3.8, 4) is 0 Å². The second kappa shape index (κ2) is 9.08. The summed E-state index contributed by atoms with van der Waals surface area (Å²) in [6.45, 7) is 5.89. The topological polar surface area (TPSA) is 43.9 Å². The van der Waals surface area contributed by atoms with Crippen molar-refractivity contribution in [1.82, 2.24) is 9.80 Å². The van der Waals surface area contributed by atoms with Gasteiger partial charge in [-0.1, -0.05) is 18.2 Å². The second-order valence-corrected chi connectivity index (χ2v) is 8.63. The Labute approximate surface area is 168 Å². The molecule has 1 unspecified atom stereocenters. The van der Waals surface area contributed by atoms with Gasteiger partial charge in [-0.05, 0) is 62.6 Å². The molecule has 3 aliphatic rings. The van der Waals surface area contributed by atoms with Crippen LogP contribution in [0.1, 0.15) is 50.5 Å². The third kappa shape index (κ3) is 4.57. The van der Waals surface area contributed by atoms with Gasteiger partial charge >= 0.3 is 0 Å². The Bertz CT molecular complexity index is 699. The van der Waals surface area contributed by atoms with E-state index in [0.717, 1.165) is 77.1 Å². The number of amides is 2. The molecule has 0 aromatic heterocycles. The zero-order valence-electron chi connectivity index (χ0n) is 16.9. The van der Waals surface area contributed by atoms with Crippen molar-refractivity contribution in [3.63, 3.8) is 0 Å². The van der Waals surface area contributed by atoms with E-state index in [1.54, 1.807) is 0 Å². The first-order chi connectivity index (χ1) is 13.7. The molecular weight excluding hydrogens is 350 g/mol. The van der Waals surface area contributed by atoms with Crippen molar-refractivity contribution in [2.75, 3.05) is 44.2 Å². The second-order valence-electron chi connectivity index (χ2n) is 8.63. The van der Waals surface area contributed by atoms with E-state index >= 15 is 0 Å². The molecule has 3 heterocycles. The predicted molar refractivity (Wildman–Crippen MR) is 111 cm³/mol. The summed E-state index contributed by atoms with van der Waals surface area (Å²) in [6.07, 6.45) is 7.94. The highest BCUT2D eigenvalue weighted by atomic mass is 16.2. The van der Waals surface area contributed by atoms with Crippen LogP contribution in [0, 0.1) is 5.92 Å². The number of anilines is 1. The lowest BCUT2D eigenvalue weighted by atomic mass is 10.0. The first-order valence-electron chi connectivity index (χ1n) is 11.1. The molecule has 0 saturated carbocycles. The molecule has 5 nitrogen and oxygen atoms in total. The van der Waals surface area contributed by atoms with Crippen LogP contribution >= 0.6 is 0 Å². The molecule has 0 N–H and O–H groups in total. The zero-order valence-corrected chi connectivity index (χ0v) is 16.9. The number of hydrogen-bond donors (Lipinski definition) is 0. The first kappa shape index (κ1) is 19.4. The van der Waals surface area contributed by atoms with Gasteiger partial charge in [-0.25, -0.2) is 0 Å². The monoisotopic (exact) mass is 383 g/mol. The minimum atomic E-state index is 0.264. The van der Waals surface area contributed by atoms with Crippen LogP contribution in [-0.4, -0.2) is 60.9 Å². The van der Waals surface area contributed by atoms with Gasteiger partial charge in [-0.2, -0.15) is 0 Å². The van der Waals surface area contributed by atoms with E-state index in [9.17, 15) is 9.59 Å². The van der Waals surface area contributed by atoms with Gasteiger partial charge < -0.3 is 14.7 Å². The molecule has 1 atom stereocenters. The highest BCUT2D eigenvalue weighted by Gasteiger charge is 2.28. The highest BCUT2D eigenvalue weighted by Crippen LogP contribution is 2.27. The van der Waals surface area contributed by atoms with Gasteiger partial charge in [0.25, 0.3) is 0 Å². The number of rotatable bonds is 6. The number of hydrogen-bond acceptors (Lipinski definition) is 3. The molecule has 4 rings (SSSR count). The van der Waals surface area contributed by atoms with Crippen molar-refractivity contribution in [2.45, 2.75) is 51.4 Å². The summed E-state index contributed by atoms with van der Waals surface area (Å²) in [4.78, 5) is 31.3. The molecular formula is C23H33N3O2. The quantitative estimate of drug-likeness (QED) is 0.758. The van der Waals surface area contributed by atoms with E-state index < -0.39 is 0 Å². The van der Waals surface area contributed by atoms with Gasteiger partial charge in [0.15, 0.2) is 0 Å². The largest absolute Gasteiger partial charge is 0.343 e. The number of carbonyl (C=O) groups is 2. The standard InChI is InChI=1S/C23H33N3O2/c27-22-9-3-4-14-26(22)21-8-2-1-7-20(21)11-16-24-15-10-19(18-24)17-23(28)25-12-5-6-13-25/h1-2,7-8,19H,3-6,9-18H2. The van der Waals surface area contributed by atoms with Crippen molar-refractivity contribution >= 4 is 17.5 Å². The van der Waals surface area contributed by atoms with Crippen LogP contribution in [0.2, 0.25) is 0 Å². The smallest absolute Gasteiger partial charge is 0.226 e. The number of piperidine rings is 1. The maximum atomic E-state index is 12.4. The Balaban J connectivity index is 1.29. The summed E-state index contributed by atoms with van der Waals surface area (Å²) in [5, 5.41) is 0. The highest BCUT2D eigenvalue weighted by molar-refractivity contribution is 5.94. The lowest BCUT2D eigenvalue weighted by Gasteiger charge is -2.29. The van der Waals surface area contributed by atoms with Crippen molar-refractivity contribution in [3.05, 3.63) is 29.8 Å². The van der Waals surface area contributed by atoms with E-state index in [1.807, 2.05) is 11.0 Å². The van der Waals surface area contributed by atoms with Crippen LogP contribution in [0.25, 0.3) is 0 Å². The Morgan fingerprint density at radius 1 is 1.00 bits per heavy atom. The van der Waals surface area contributed by atoms with Gasteiger partial charge in [-0.15, -0.1) is 0 Å². The fourth-order valence-corrected chi connectivity index (χ4v) is 4.95. The molecule has 1 aromatic carbocycles. The normalized spacial score (nSPS) is 23.6. The molecule has 28 heavy (non-hydrogen) atoms. The number of likely N-dealkylation sites (tertiary alicyclic amines) is 2. The molecule has 0 radical (unpaired) electrons. The van der Waals surface area contributed by atoms with Gasteiger partial charge in [0, 0.05) is 51.3 Å². The van der Waals surface area contributed by atoms with Crippen molar-refractivity contribution in [2.24, 2.45) is 5.92 Å². The predicted octanol–water partition coefficient (Wildman–Crippen LogP) is 3.08. The Morgan fingerprint density at radius 2 is 1.79 bits per heavy atom. The van der Waals surface area contributed by atoms with E-state index in [4.69, 9.17) is 0 Å². The minimum Gasteiger partial charge on any atom is -0.343 e. The summed E-state index contributed by atoms with van der Waals surface area (Å²) in [6, 6.07) is 8.38. The van der Waals surface area contributed by atoms with Crippen LogP contribution in [0.4, 0.5) is 5.69 Å². The molecule has 3 aliphatic heterocycles. The Hall–Kier alpha value is -1.88. The molecule has 5 heteroatoms. The summed E-state index contributed by atoms with van der Waals surface area (Å²) >= 11 is 0. The average Bonchev–Trinajstić information content (AvgIpc) is 3.39. The zero-order chi connectivity index (χ0) is 19.3. The molecule has 0 spiro atoms. The summed E-state index contributed by atoms with van der Waals surface area (Å²) in [5.41, 5.74) is 2.38. The SMILES string of the molecule is O=C(CC1CCN(CCc2ccccc2N2CCCCC2=O)C1)N1CCCC1. The van der Waals surface area contributed by atoms with Crippen molar-refractivity contribution in [1.29, 1.82) is 0 Å². The maximum absolute atomic E-state index is 12.4. The van der Waals surface area contributed by atoms with E-state index in [2.05, 4.69) is 28.0 Å². The fraction of sp³-hybridized carbons (Fsp3) is 0.652. The van der Waals surface area contributed by atoms with Crippen LogP contribution in [0.5, 0.6) is 0 Å². The Kier molecular flexibility index (Phi) is 6.30. The van der Waals surface area contributed by atoms with Crippen LogP contribution < -0.4 is 4.90 Å². The number of carbonyl (C=O) groups excluding carboxylic acids is 2. The number of para-hydroxylation sites is 1. The molecule has 0 bridgehead atoms. The van der Waals surface area contributed by atoms with E-state index in [1.165, 1.54) is 18.4 Å². The minimum absolute atomic E-state index is 0.264. The number of nitrogens with zero attached hydrogens (tertiary/aromatic N) is 3. The number of benzene rings is 1. The fourth-order valence-electron chi connectivity index (χ4n) is 4.95. The lowest BCUT2D eigenvalue weighted by molar-refractivity contribution is -0.131. The van der Waals surface area contributed by atoms with Crippen LogP contribution in [0.15, 0.2) is 24.3 Å². The summed E-state index contributed by atoms with van der Waals surface area (Å²) in [5.74, 6) is 1.13. The average molecular weight is 384 g/mol. The van der Waals surface area contributed by atoms with Crippen LogP contribution in [-0.2, 0) is 16.0 Å². The molecule has 1 aromatic rings. The summed E-state index contributed by atoms with van der Waals surface area (Å²) < 4.78 is 0.